The van der Waals surface area contributed by atoms with E-state index in [1.807, 2.05) is 18.6 Å². The fourth-order valence-electron chi connectivity index (χ4n) is 2.56. The van der Waals surface area contributed by atoms with Gasteiger partial charge in [0, 0.05) is 27.2 Å². The molecule has 4 aromatic rings. The number of hydrogen-bond donors (Lipinski definition) is 0. The summed E-state index contributed by atoms with van der Waals surface area (Å²) in [5, 5.41) is 0. The molecule has 4 rings (SSSR count). The Morgan fingerprint density at radius 1 is 0.909 bits per heavy atom. The van der Waals surface area contributed by atoms with E-state index in [4.69, 9.17) is 0 Å². The van der Waals surface area contributed by atoms with Gasteiger partial charge in [-0.3, -0.25) is 9.55 Å². The minimum absolute atomic E-state index is 1.01. The second-order valence-corrected chi connectivity index (χ2v) is 6.29. The zero-order valence-electron chi connectivity index (χ0n) is 11.6. The Morgan fingerprint density at radius 3 is 2.68 bits per heavy atom. The van der Waals surface area contributed by atoms with Crippen LogP contribution >= 0.6 is 22.6 Å². The van der Waals surface area contributed by atoms with Crippen molar-refractivity contribution in [2.75, 3.05) is 0 Å². The Morgan fingerprint density at radius 2 is 1.82 bits per heavy atom. The molecular formula is C18H12IN3. The minimum atomic E-state index is 1.01. The molecule has 0 atom stereocenters. The van der Waals surface area contributed by atoms with Crippen molar-refractivity contribution in [3.8, 4) is 16.8 Å². The van der Waals surface area contributed by atoms with Gasteiger partial charge in [0.25, 0.3) is 0 Å². The van der Waals surface area contributed by atoms with Crippen LogP contribution in [0.15, 0.2) is 73.3 Å². The Labute approximate surface area is 141 Å². The molecule has 2 aromatic heterocycles. The lowest BCUT2D eigenvalue weighted by atomic mass is 10.1. The third-order valence-corrected chi connectivity index (χ3v) is 4.30. The molecule has 0 fully saturated rings. The van der Waals surface area contributed by atoms with Gasteiger partial charge in [0.05, 0.1) is 11.0 Å². The minimum Gasteiger partial charge on any atom is -0.299 e. The highest BCUT2D eigenvalue weighted by Crippen LogP contribution is 2.24. The van der Waals surface area contributed by atoms with E-state index in [1.165, 1.54) is 3.57 Å². The van der Waals surface area contributed by atoms with E-state index in [2.05, 4.69) is 85.7 Å². The van der Waals surface area contributed by atoms with Crippen molar-refractivity contribution in [2.24, 2.45) is 0 Å². The summed E-state index contributed by atoms with van der Waals surface area (Å²) in [6.07, 6.45) is 5.55. The second-order valence-electron chi connectivity index (χ2n) is 5.04. The first-order valence-corrected chi connectivity index (χ1v) is 8.02. The van der Waals surface area contributed by atoms with E-state index in [9.17, 15) is 0 Å². The molecule has 0 amide bonds. The summed E-state index contributed by atoms with van der Waals surface area (Å²) in [5.41, 5.74) is 5.49. The predicted molar refractivity (Wildman–Crippen MR) is 97.0 cm³/mol. The molecule has 0 bridgehead atoms. The van der Waals surface area contributed by atoms with Crippen LogP contribution in [0.25, 0.3) is 27.8 Å². The third kappa shape index (κ3) is 2.39. The van der Waals surface area contributed by atoms with Crippen molar-refractivity contribution in [3.63, 3.8) is 0 Å². The van der Waals surface area contributed by atoms with Gasteiger partial charge < -0.3 is 0 Å². The van der Waals surface area contributed by atoms with Gasteiger partial charge in [0.1, 0.15) is 6.33 Å². The van der Waals surface area contributed by atoms with Crippen LogP contribution in [-0.4, -0.2) is 14.5 Å². The van der Waals surface area contributed by atoms with Crippen LogP contribution in [0, 0.1) is 3.57 Å². The molecule has 0 aliphatic rings. The number of pyridine rings is 1. The monoisotopic (exact) mass is 397 g/mol. The van der Waals surface area contributed by atoms with Gasteiger partial charge in [0.15, 0.2) is 0 Å². The number of fused-ring (bicyclic) bond motifs is 1. The molecule has 3 nitrogen and oxygen atoms in total. The van der Waals surface area contributed by atoms with Crippen molar-refractivity contribution in [3.05, 3.63) is 76.9 Å². The summed E-state index contributed by atoms with van der Waals surface area (Å²) in [4.78, 5) is 8.70. The van der Waals surface area contributed by atoms with Gasteiger partial charge in [-0.15, -0.1) is 0 Å². The number of halogens is 1. The second kappa shape index (κ2) is 5.53. The van der Waals surface area contributed by atoms with Crippen molar-refractivity contribution < 1.29 is 0 Å². The Bertz CT molecular complexity index is 945. The van der Waals surface area contributed by atoms with Gasteiger partial charge in [-0.05, 0) is 64.6 Å². The topological polar surface area (TPSA) is 30.7 Å². The Hall–Kier alpha value is -2.21. The maximum atomic E-state index is 4.50. The summed E-state index contributed by atoms with van der Waals surface area (Å²) < 4.78 is 3.31. The highest BCUT2D eigenvalue weighted by atomic mass is 127. The average molecular weight is 397 g/mol. The molecule has 0 N–H and O–H groups in total. The first-order valence-electron chi connectivity index (χ1n) is 6.95. The van der Waals surface area contributed by atoms with E-state index in [0.29, 0.717) is 0 Å². The lowest BCUT2D eigenvalue weighted by molar-refractivity contribution is 1.09. The fraction of sp³-hybridized carbons (Fsp3) is 0. The summed E-state index contributed by atoms with van der Waals surface area (Å²) in [7, 11) is 0. The molecule has 0 unspecified atom stereocenters. The molecule has 4 heteroatoms. The molecule has 106 valence electrons. The van der Waals surface area contributed by atoms with Crippen molar-refractivity contribution in [1.82, 2.24) is 14.5 Å². The average Bonchev–Trinajstić information content (AvgIpc) is 2.99. The SMILES string of the molecule is Ic1ccc2c(c1)ncn2-c1cccc(-c2cccnc2)c1. The lowest BCUT2D eigenvalue weighted by Gasteiger charge is -2.07. The summed E-state index contributed by atoms with van der Waals surface area (Å²) in [6, 6.07) is 18.8. The molecule has 2 heterocycles. The van der Waals surface area contributed by atoms with Gasteiger partial charge in [-0.25, -0.2) is 4.98 Å². The van der Waals surface area contributed by atoms with Crippen molar-refractivity contribution in [1.29, 1.82) is 0 Å². The van der Waals surface area contributed by atoms with Crippen LogP contribution in [0.1, 0.15) is 0 Å². The van der Waals surface area contributed by atoms with Crippen LogP contribution in [0.3, 0.4) is 0 Å². The highest BCUT2D eigenvalue weighted by molar-refractivity contribution is 14.1. The molecule has 2 aromatic carbocycles. The van der Waals surface area contributed by atoms with Gasteiger partial charge in [-0.1, -0.05) is 18.2 Å². The van der Waals surface area contributed by atoms with Crippen LogP contribution < -0.4 is 0 Å². The number of imidazole rings is 1. The number of nitrogens with zero attached hydrogens (tertiary/aromatic N) is 3. The summed E-state index contributed by atoms with van der Waals surface area (Å²) >= 11 is 2.31. The van der Waals surface area contributed by atoms with Gasteiger partial charge >= 0.3 is 0 Å². The van der Waals surface area contributed by atoms with Gasteiger partial charge in [-0.2, -0.15) is 0 Å². The molecule has 22 heavy (non-hydrogen) atoms. The first kappa shape index (κ1) is 13.5. The molecular weight excluding hydrogens is 385 g/mol. The van der Waals surface area contributed by atoms with Crippen molar-refractivity contribution in [2.45, 2.75) is 0 Å². The molecule has 0 saturated heterocycles. The predicted octanol–water partition coefficient (Wildman–Crippen LogP) is 4.69. The zero-order chi connectivity index (χ0) is 14.9. The number of aromatic nitrogens is 3. The van der Waals surface area contributed by atoms with Gasteiger partial charge in [0.2, 0.25) is 0 Å². The highest BCUT2D eigenvalue weighted by Gasteiger charge is 2.06. The van der Waals surface area contributed by atoms with Crippen LogP contribution in [0.4, 0.5) is 0 Å². The quantitative estimate of drug-likeness (QED) is 0.460. The molecule has 0 spiro atoms. The van der Waals surface area contributed by atoms with Crippen LogP contribution in [-0.2, 0) is 0 Å². The van der Waals surface area contributed by atoms with E-state index in [-0.39, 0.29) is 0 Å². The van der Waals surface area contributed by atoms with E-state index in [1.54, 1.807) is 6.20 Å². The summed E-state index contributed by atoms with van der Waals surface area (Å²) in [5.74, 6) is 0. The van der Waals surface area contributed by atoms with Crippen LogP contribution in [0.5, 0.6) is 0 Å². The summed E-state index contributed by atoms with van der Waals surface area (Å²) in [6.45, 7) is 0. The molecule has 0 aliphatic heterocycles. The normalized spacial score (nSPS) is 11.0. The Kier molecular flexibility index (Phi) is 3.38. The first-order chi connectivity index (χ1) is 10.8. The maximum Gasteiger partial charge on any atom is 0.100 e. The fourth-order valence-corrected chi connectivity index (χ4v) is 3.04. The van der Waals surface area contributed by atoms with E-state index in [0.717, 1.165) is 27.8 Å². The standard InChI is InChI=1S/C18H12IN3/c19-15-6-7-18-17(10-15)21-12-22(18)16-5-1-3-13(9-16)14-4-2-8-20-11-14/h1-12H. The smallest absolute Gasteiger partial charge is 0.100 e. The third-order valence-electron chi connectivity index (χ3n) is 3.63. The van der Waals surface area contributed by atoms with Crippen molar-refractivity contribution >= 4 is 33.6 Å². The number of benzene rings is 2. The zero-order valence-corrected chi connectivity index (χ0v) is 13.8. The molecule has 0 aliphatic carbocycles. The maximum absolute atomic E-state index is 4.50. The van der Waals surface area contributed by atoms with E-state index >= 15 is 0 Å². The number of rotatable bonds is 2. The largest absolute Gasteiger partial charge is 0.299 e. The number of hydrogen-bond acceptors (Lipinski definition) is 2. The Balaban J connectivity index is 1.85. The van der Waals surface area contributed by atoms with Crippen LogP contribution in [0.2, 0.25) is 0 Å². The molecule has 0 saturated carbocycles. The molecule has 0 radical (unpaired) electrons. The lowest BCUT2D eigenvalue weighted by Crippen LogP contribution is -1.92. The van der Waals surface area contributed by atoms with E-state index < -0.39 is 0 Å².